The smallest absolute Gasteiger partial charge is 0.240 e. The van der Waals surface area contributed by atoms with Gasteiger partial charge in [0, 0.05) is 12.6 Å². The number of aryl methyl sites for hydroxylation is 1. The lowest BCUT2D eigenvalue weighted by Gasteiger charge is -2.20. The van der Waals surface area contributed by atoms with Crippen molar-refractivity contribution in [2.75, 3.05) is 32.6 Å². The minimum atomic E-state index is -0.145. The molecule has 0 spiro atoms. The fraction of sp³-hybridized carbons (Fsp3) is 0.412. The van der Waals surface area contributed by atoms with Crippen molar-refractivity contribution < 1.29 is 18.8 Å². The summed E-state index contributed by atoms with van der Waals surface area (Å²) in [6.07, 6.45) is 0. The summed E-state index contributed by atoms with van der Waals surface area (Å²) in [6, 6.07) is 7.42. The van der Waals surface area contributed by atoms with Gasteiger partial charge in [-0.2, -0.15) is 0 Å². The summed E-state index contributed by atoms with van der Waals surface area (Å²) >= 11 is 0. The zero-order chi connectivity index (χ0) is 17.5. The number of aromatic nitrogens is 1. The van der Waals surface area contributed by atoms with Crippen LogP contribution in [-0.2, 0) is 11.3 Å². The summed E-state index contributed by atoms with van der Waals surface area (Å²) in [5, 5.41) is 6.44. The third-order valence-electron chi connectivity index (χ3n) is 3.56. The van der Waals surface area contributed by atoms with Crippen LogP contribution in [-0.4, -0.2) is 43.3 Å². The van der Waals surface area contributed by atoms with E-state index in [2.05, 4.69) is 10.5 Å². The van der Waals surface area contributed by atoms with E-state index in [0.717, 1.165) is 17.8 Å². The van der Waals surface area contributed by atoms with Crippen LogP contribution in [0.3, 0.4) is 0 Å². The molecule has 7 nitrogen and oxygen atoms in total. The van der Waals surface area contributed by atoms with Crippen molar-refractivity contribution in [1.82, 2.24) is 10.1 Å². The van der Waals surface area contributed by atoms with E-state index in [1.165, 1.54) is 0 Å². The number of hydrogen-bond acceptors (Lipinski definition) is 6. The molecule has 2 aromatic rings. The first-order valence-electron chi connectivity index (χ1n) is 7.72. The molecule has 0 aliphatic carbocycles. The summed E-state index contributed by atoms with van der Waals surface area (Å²) in [4.78, 5) is 14.1. The fourth-order valence-corrected chi connectivity index (χ4v) is 2.32. The molecular weight excluding hydrogens is 310 g/mol. The van der Waals surface area contributed by atoms with Crippen molar-refractivity contribution in [1.29, 1.82) is 0 Å². The molecule has 0 bridgehead atoms. The van der Waals surface area contributed by atoms with E-state index >= 15 is 0 Å². The third kappa shape index (κ3) is 4.73. The zero-order valence-corrected chi connectivity index (χ0v) is 14.5. The second-order valence-electron chi connectivity index (χ2n) is 5.37. The predicted molar refractivity (Wildman–Crippen MR) is 90.4 cm³/mol. The van der Waals surface area contributed by atoms with E-state index < -0.39 is 0 Å². The Kier molecular flexibility index (Phi) is 6.20. The molecule has 1 amide bonds. The summed E-state index contributed by atoms with van der Waals surface area (Å²) in [5.74, 6) is 1.57. The molecule has 1 aromatic carbocycles. The Morgan fingerprint density at radius 3 is 2.58 bits per heavy atom. The number of nitrogens with zero attached hydrogens (tertiary/aromatic N) is 2. The van der Waals surface area contributed by atoms with Crippen molar-refractivity contribution in [3.05, 3.63) is 35.5 Å². The number of ether oxygens (including phenoxy) is 2. The highest BCUT2D eigenvalue weighted by molar-refractivity contribution is 5.90. The van der Waals surface area contributed by atoms with Gasteiger partial charge in [-0.05, 0) is 31.2 Å². The van der Waals surface area contributed by atoms with Crippen molar-refractivity contribution in [3.63, 3.8) is 0 Å². The van der Waals surface area contributed by atoms with Crippen LogP contribution < -0.4 is 14.8 Å². The van der Waals surface area contributed by atoms with Crippen molar-refractivity contribution in [3.8, 4) is 11.5 Å². The van der Waals surface area contributed by atoms with Gasteiger partial charge in [0.05, 0.1) is 26.5 Å². The van der Waals surface area contributed by atoms with Gasteiger partial charge in [-0.15, -0.1) is 0 Å². The Labute approximate surface area is 141 Å². The maximum absolute atomic E-state index is 12.1. The summed E-state index contributed by atoms with van der Waals surface area (Å²) < 4.78 is 15.5. The molecular formula is C17H23N3O4. The van der Waals surface area contributed by atoms with Crippen molar-refractivity contribution >= 4 is 11.8 Å². The normalized spacial score (nSPS) is 10.7. The Bertz CT molecular complexity index is 684. The van der Waals surface area contributed by atoms with E-state index in [-0.39, 0.29) is 12.5 Å². The quantitative estimate of drug-likeness (QED) is 0.800. The summed E-state index contributed by atoms with van der Waals surface area (Å²) in [7, 11) is 3.21. The predicted octanol–water partition coefficient (Wildman–Crippen LogP) is 2.46. The average molecular weight is 333 g/mol. The van der Waals surface area contributed by atoms with Crippen LogP contribution in [0.15, 0.2) is 28.8 Å². The van der Waals surface area contributed by atoms with Gasteiger partial charge < -0.3 is 14.0 Å². The second-order valence-corrected chi connectivity index (χ2v) is 5.37. The Hall–Kier alpha value is -2.54. The maximum Gasteiger partial charge on any atom is 0.240 e. The largest absolute Gasteiger partial charge is 0.493 e. The maximum atomic E-state index is 12.1. The minimum absolute atomic E-state index is 0.145. The second kappa shape index (κ2) is 8.35. The standard InChI is InChI=1S/C17H23N3O4/c1-5-20(11-16(21)18-17-8-12(2)19-24-17)10-13-6-7-14(22-3)15(9-13)23-4/h6-9H,5,10-11H2,1-4H3,(H,18,21). The number of rotatable bonds is 8. The van der Waals surface area contributed by atoms with Gasteiger partial charge in [-0.25, -0.2) is 0 Å². The Morgan fingerprint density at radius 2 is 2.00 bits per heavy atom. The van der Waals surface area contributed by atoms with Gasteiger partial charge in [0.2, 0.25) is 11.8 Å². The average Bonchev–Trinajstić information content (AvgIpc) is 2.98. The Balaban J connectivity index is 1.97. The molecule has 0 aliphatic heterocycles. The van der Waals surface area contributed by atoms with E-state index in [4.69, 9.17) is 14.0 Å². The number of nitrogens with one attached hydrogen (secondary N) is 1. The van der Waals surface area contributed by atoms with E-state index in [1.54, 1.807) is 27.2 Å². The monoisotopic (exact) mass is 333 g/mol. The molecule has 0 unspecified atom stereocenters. The van der Waals surface area contributed by atoms with Gasteiger partial charge in [0.1, 0.15) is 0 Å². The van der Waals surface area contributed by atoms with Gasteiger partial charge in [0.15, 0.2) is 11.5 Å². The first kappa shape index (κ1) is 17.8. The highest BCUT2D eigenvalue weighted by Crippen LogP contribution is 2.28. The summed E-state index contributed by atoms with van der Waals surface area (Å²) in [6.45, 7) is 5.42. The highest BCUT2D eigenvalue weighted by Gasteiger charge is 2.13. The van der Waals surface area contributed by atoms with Gasteiger partial charge in [-0.3, -0.25) is 15.0 Å². The molecule has 1 N–H and O–H groups in total. The number of hydrogen-bond donors (Lipinski definition) is 1. The van der Waals surface area contributed by atoms with Crippen molar-refractivity contribution in [2.24, 2.45) is 0 Å². The molecule has 2 rings (SSSR count). The molecule has 1 heterocycles. The first-order valence-corrected chi connectivity index (χ1v) is 7.72. The highest BCUT2D eigenvalue weighted by atomic mass is 16.5. The van der Waals surface area contributed by atoms with E-state index in [9.17, 15) is 4.79 Å². The number of likely N-dealkylation sites (N-methyl/N-ethyl adjacent to an activating group) is 1. The molecule has 0 fully saturated rings. The van der Waals surface area contributed by atoms with Crippen LogP contribution in [0.5, 0.6) is 11.5 Å². The van der Waals surface area contributed by atoms with Crippen LogP contribution in [0, 0.1) is 6.92 Å². The molecule has 0 radical (unpaired) electrons. The molecule has 130 valence electrons. The van der Waals surface area contributed by atoms with Crippen LogP contribution in [0.25, 0.3) is 0 Å². The minimum Gasteiger partial charge on any atom is -0.493 e. The van der Waals surface area contributed by atoms with Crippen LogP contribution >= 0.6 is 0 Å². The summed E-state index contributed by atoms with van der Waals surface area (Å²) in [5.41, 5.74) is 1.76. The lowest BCUT2D eigenvalue weighted by atomic mass is 10.2. The molecule has 0 saturated heterocycles. The number of carbonyl (C=O) groups is 1. The van der Waals surface area contributed by atoms with Crippen molar-refractivity contribution in [2.45, 2.75) is 20.4 Å². The number of benzene rings is 1. The molecule has 7 heteroatoms. The topological polar surface area (TPSA) is 76.8 Å². The molecule has 0 saturated carbocycles. The van der Waals surface area contributed by atoms with Crippen LogP contribution in [0.4, 0.5) is 5.88 Å². The molecule has 1 aromatic heterocycles. The van der Waals surface area contributed by atoms with Gasteiger partial charge in [0.25, 0.3) is 0 Å². The fourth-order valence-electron chi connectivity index (χ4n) is 2.32. The van der Waals surface area contributed by atoms with Crippen LogP contribution in [0.2, 0.25) is 0 Å². The van der Waals surface area contributed by atoms with Gasteiger partial charge in [-0.1, -0.05) is 18.1 Å². The number of methoxy groups -OCH3 is 2. The van der Waals surface area contributed by atoms with Gasteiger partial charge >= 0.3 is 0 Å². The van der Waals surface area contributed by atoms with Crippen LogP contribution in [0.1, 0.15) is 18.2 Å². The lowest BCUT2D eigenvalue weighted by molar-refractivity contribution is -0.117. The Morgan fingerprint density at radius 1 is 1.25 bits per heavy atom. The first-order chi connectivity index (χ1) is 11.5. The zero-order valence-electron chi connectivity index (χ0n) is 14.5. The molecule has 0 aliphatic rings. The SMILES string of the molecule is CCN(CC(=O)Nc1cc(C)no1)Cc1ccc(OC)c(OC)c1. The lowest BCUT2D eigenvalue weighted by Crippen LogP contribution is -2.32. The number of anilines is 1. The van der Waals surface area contributed by atoms with E-state index in [1.807, 2.05) is 30.0 Å². The molecule has 0 atom stereocenters. The number of amides is 1. The number of carbonyl (C=O) groups excluding carboxylic acids is 1. The molecule has 24 heavy (non-hydrogen) atoms. The third-order valence-corrected chi connectivity index (χ3v) is 3.56. The van der Waals surface area contributed by atoms with E-state index in [0.29, 0.717) is 23.9 Å².